The molecule has 0 aromatic heterocycles. The summed E-state index contributed by atoms with van der Waals surface area (Å²) in [6.45, 7) is 4.52. The van der Waals surface area contributed by atoms with Gasteiger partial charge in [0, 0.05) is 5.56 Å². The van der Waals surface area contributed by atoms with Crippen LogP contribution in [-0.2, 0) is 11.2 Å². The zero-order chi connectivity index (χ0) is 17.1. The molecule has 4 heteroatoms. The van der Waals surface area contributed by atoms with Gasteiger partial charge in [-0.1, -0.05) is 37.6 Å². The summed E-state index contributed by atoms with van der Waals surface area (Å²) >= 11 is 0. The molecular formula is C20H21FO3. The molecular weight excluding hydrogens is 307 g/mol. The molecule has 1 aliphatic rings. The van der Waals surface area contributed by atoms with Crippen molar-refractivity contribution in [2.45, 2.75) is 33.1 Å². The fraction of sp³-hybridized carbons (Fsp3) is 0.350. The van der Waals surface area contributed by atoms with Crippen molar-refractivity contribution in [3.63, 3.8) is 0 Å². The van der Waals surface area contributed by atoms with Crippen LogP contribution in [0.5, 0.6) is 11.5 Å². The molecule has 0 saturated heterocycles. The lowest BCUT2D eigenvalue weighted by molar-refractivity contribution is -0.140. The second-order valence-corrected chi connectivity index (χ2v) is 5.98. The molecule has 1 atom stereocenters. The number of fused-ring (bicyclic) bond motifs is 1. The molecule has 0 fully saturated rings. The summed E-state index contributed by atoms with van der Waals surface area (Å²) in [7, 11) is 0. The Morgan fingerprint density at radius 1 is 1.17 bits per heavy atom. The highest BCUT2D eigenvalue weighted by Gasteiger charge is 2.30. The predicted molar refractivity (Wildman–Crippen MR) is 90.7 cm³/mol. The van der Waals surface area contributed by atoms with E-state index in [0.29, 0.717) is 18.6 Å². The van der Waals surface area contributed by atoms with Gasteiger partial charge in [-0.05, 0) is 43.0 Å². The van der Waals surface area contributed by atoms with Crippen molar-refractivity contribution in [2.75, 3.05) is 6.61 Å². The van der Waals surface area contributed by atoms with Crippen LogP contribution in [0.3, 0.4) is 0 Å². The minimum atomic E-state index is -0.472. The molecule has 0 amide bonds. The van der Waals surface area contributed by atoms with E-state index >= 15 is 0 Å². The molecule has 0 bridgehead atoms. The standard InChI is InChI=1S/C20H21FO3/c1-3-5-15-12-14-8-11-17(18(21)19(14)24-20(15)22)13-6-9-16(10-7-13)23-4-2/h6-11,15H,3-5,12H2,1-2H3. The number of rotatable bonds is 5. The molecule has 0 radical (unpaired) electrons. The fourth-order valence-corrected chi connectivity index (χ4v) is 3.09. The van der Waals surface area contributed by atoms with E-state index in [2.05, 4.69) is 0 Å². The van der Waals surface area contributed by atoms with Crippen LogP contribution < -0.4 is 9.47 Å². The van der Waals surface area contributed by atoms with Gasteiger partial charge in [0.1, 0.15) is 5.75 Å². The molecule has 0 spiro atoms. The monoisotopic (exact) mass is 328 g/mol. The number of esters is 1. The zero-order valence-corrected chi connectivity index (χ0v) is 14.0. The highest BCUT2D eigenvalue weighted by molar-refractivity contribution is 5.79. The molecule has 0 aliphatic carbocycles. The molecule has 1 aliphatic heterocycles. The van der Waals surface area contributed by atoms with Crippen LogP contribution in [0, 0.1) is 11.7 Å². The second-order valence-electron chi connectivity index (χ2n) is 5.98. The minimum Gasteiger partial charge on any atom is -0.494 e. The van der Waals surface area contributed by atoms with Crippen molar-refractivity contribution in [3.8, 4) is 22.6 Å². The van der Waals surface area contributed by atoms with Gasteiger partial charge in [0.2, 0.25) is 0 Å². The van der Waals surface area contributed by atoms with Crippen LogP contribution in [0.1, 0.15) is 32.3 Å². The van der Waals surface area contributed by atoms with Crippen LogP contribution in [0.25, 0.3) is 11.1 Å². The first kappa shape index (κ1) is 16.5. The Labute approximate surface area is 141 Å². The number of benzene rings is 2. The Hall–Kier alpha value is -2.36. The van der Waals surface area contributed by atoms with Crippen molar-refractivity contribution in [1.29, 1.82) is 0 Å². The van der Waals surface area contributed by atoms with Gasteiger partial charge in [0.05, 0.1) is 12.5 Å². The Kier molecular flexibility index (Phi) is 4.84. The van der Waals surface area contributed by atoms with Crippen molar-refractivity contribution >= 4 is 5.97 Å². The maximum atomic E-state index is 14.9. The summed E-state index contributed by atoms with van der Waals surface area (Å²) < 4.78 is 25.6. The molecule has 0 N–H and O–H groups in total. The van der Waals surface area contributed by atoms with E-state index in [-0.39, 0.29) is 17.6 Å². The third-order valence-corrected chi connectivity index (χ3v) is 4.29. The largest absolute Gasteiger partial charge is 0.494 e. The molecule has 0 saturated carbocycles. The highest BCUT2D eigenvalue weighted by Crippen LogP contribution is 2.37. The van der Waals surface area contributed by atoms with Gasteiger partial charge >= 0.3 is 5.97 Å². The first-order chi connectivity index (χ1) is 11.6. The topological polar surface area (TPSA) is 35.5 Å². The molecule has 3 nitrogen and oxygen atoms in total. The number of ether oxygens (including phenoxy) is 2. The van der Waals surface area contributed by atoms with Crippen molar-refractivity contribution in [1.82, 2.24) is 0 Å². The fourth-order valence-electron chi connectivity index (χ4n) is 3.09. The third kappa shape index (κ3) is 3.14. The lowest BCUT2D eigenvalue weighted by Crippen LogP contribution is -2.28. The third-order valence-electron chi connectivity index (χ3n) is 4.29. The summed E-state index contributed by atoms with van der Waals surface area (Å²) in [6.07, 6.45) is 2.21. The highest BCUT2D eigenvalue weighted by atomic mass is 19.1. The maximum absolute atomic E-state index is 14.9. The molecule has 2 aromatic carbocycles. The van der Waals surface area contributed by atoms with E-state index in [1.807, 2.05) is 19.9 Å². The van der Waals surface area contributed by atoms with Crippen molar-refractivity contribution < 1.29 is 18.7 Å². The van der Waals surface area contributed by atoms with Crippen LogP contribution >= 0.6 is 0 Å². The van der Waals surface area contributed by atoms with E-state index in [1.54, 1.807) is 30.3 Å². The Morgan fingerprint density at radius 2 is 1.92 bits per heavy atom. The van der Waals surface area contributed by atoms with Gasteiger partial charge in [-0.25, -0.2) is 4.39 Å². The summed E-state index contributed by atoms with van der Waals surface area (Å²) in [5, 5.41) is 0. The number of hydrogen-bond donors (Lipinski definition) is 0. The Morgan fingerprint density at radius 3 is 2.58 bits per heavy atom. The smallest absolute Gasteiger partial charge is 0.314 e. The summed E-state index contributed by atoms with van der Waals surface area (Å²) in [6, 6.07) is 10.8. The van der Waals surface area contributed by atoms with Crippen LogP contribution in [0.15, 0.2) is 36.4 Å². The molecule has 1 heterocycles. The lowest BCUT2D eigenvalue weighted by atomic mass is 9.90. The number of carbonyl (C=O) groups is 1. The molecule has 1 unspecified atom stereocenters. The number of carbonyl (C=O) groups excluding carboxylic acids is 1. The first-order valence-electron chi connectivity index (χ1n) is 8.40. The van der Waals surface area contributed by atoms with Crippen LogP contribution in [0.2, 0.25) is 0 Å². The van der Waals surface area contributed by atoms with E-state index in [1.165, 1.54) is 0 Å². The van der Waals surface area contributed by atoms with Gasteiger partial charge in [-0.2, -0.15) is 0 Å². The van der Waals surface area contributed by atoms with Crippen molar-refractivity contribution in [2.24, 2.45) is 5.92 Å². The van der Waals surface area contributed by atoms with Gasteiger partial charge in [0.25, 0.3) is 0 Å². The molecule has 2 aromatic rings. The molecule has 24 heavy (non-hydrogen) atoms. The van der Waals surface area contributed by atoms with Gasteiger partial charge in [-0.15, -0.1) is 0 Å². The molecule has 3 rings (SSSR count). The first-order valence-corrected chi connectivity index (χ1v) is 8.40. The number of hydrogen-bond acceptors (Lipinski definition) is 3. The maximum Gasteiger partial charge on any atom is 0.314 e. The van der Waals surface area contributed by atoms with Gasteiger partial charge < -0.3 is 9.47 Å². The van der Waals surface area contributed by atoms with E-state index in [4.69, 9.17) is 9.47 Å². The Bertz CT molecular complexity index is 737. The predicted octanol–water partition coefficient (Wildman–Crippen LogP) is 4.77. The second kappa shape index (κ2) is 7.04. The molecule has 126 valence electrons. The van der Waals surface area contributed by atoms with Crippen LogP contribution in [-0.4, -0.2) is 12.6 Å². The minimum absolute atomic E-state index is 0.0822. The average molecular weight is 328 g/mol. The van der Waals surface area contributed by atoms with Gasteiger partial charge in [0.15, 0.2) is 11.6 Å². The van der Waals surface area contributed by atoms with Crippen LogP contribution in [0.4, 0.5) is 4.39 Å². The quantitative estimate of drug-likeness (QED) is 0.586. The SMILES string of the molecule is CCCC1Cc2ccc(-c3ccc(OCC)cc3)c(F)c2OC1=O. The number of halogens is 1. The average Bonchev–Trinajstić information content (AvgIpc) is 2.58. The Balaban J connectivity index is 1.92. The van der Waals surface area contributed by atoms with Gasteiger partial charge in [-0.3, -0.25) is 4.79 Å². The zero-order valence-electron chi connectivity index (χ0n) is 14.0. The van der Waals surface area contributed by atoms with Crippen molar-refractivity contribution in [3.05, 3.63) is 47.8 Å². The summed E-state index contributed by atoms with van der Waals surface area (Å²) in [4.78, 5) is 12.1. The summed E-state index contributed by atoms with van der Waals surface area (Å²) in [5.41, 5.74) is 1.92. The van der Waals surface area contributed by atoms with E-state index in [9.17, 15) is 9.18 Å². The van der Waals surface area contributed by atoms with E-state index in [0.717, 1.165) is 29.7 Å². The van der Waals surface area contributed by atoms with E-state index < -0.39 is 5.82 Å². The lowest BCUT2D eigenvalue weighted by Gasteiger charge is -2.24. The summed E-state index contributed by atoms with van der Waals surface area (Å²) in [5.74, 6) is -0.141. The normalized spacial score (nSPS) is 16.5.